The smallest absolute Gasteiger partial charge is 0.270 e. The van der Waals surface area contributed by atoms with E-state index >= 15 is 0 Å². The third-order valence-corrected chi connectivity index (χ3v) is 5.99. The summed E-state index contributed by atoms with van der Waals surface area (Å²) in [7, 11) is -3.97. The molecule has 0 bridgehead atoms. The van der Waals surface area contributed by atoms with Crippen molar-refractivity contribution in [2.75, 3.05) is 4.72 Å². The van der Waals surface area contributed by atoms with Crippen LogP contribution in [0.1, 0.15) is 5.56 Å². The van der Waals surface area contributed by atoms with Gasteiger partial charge in [0.1, 0.15) is 5.65 Å². The predicted molar refractivity (Wildman–Crippen MR) is 109 cm³/mol. The molecule has 0 radical (unpaired) electrons. The van der Waals surface area contributed by atoms with E-state index in [-0.39, 0.29) is 10.6 Å². The number of rotatable bonds is 5. The molecule has 0 fully saturated rings. The Kier molecular flexibility index (Phi) is 4.51. The highest BCUT2D eigenvalue weighted by Crippen LogP contribution is 2.26. The van der Waals surface area contributed by atoms with E-state index in [1.165, 1.54) is 12.1 Å². The fraction of sp³-hybridized carbons (Fsp3) is 0.0500. The first-order chi connectivity index (χ1) is 13.8. The molecule has 1 N–H and O–H groups in total. The molecule has 2 aromatic carbocycles. The second kappa shape index (κ2) is 7.02. The molecule has 0 spiro atoms. The summed E-state index contributed by atoms with van der Waals surface area (Å²) >= 11 is 0. The van der Waals surface area contributed by atoms with E-state index in [4.69, 9.17) is 0 Å². The van der Waals surface area contributed by atoms with E-state index in [9.17, 15) is 18.5 Å². The maximum absolute atomic E-state index is 12.7. The van der Waals surface area contributed by atoms with E-state index in [1.54, 1.807) is 31.2 Å². The Labute approximate surface area is 166 Å². The maximum Gasteiger partial charge on any atom is 0.270 e. The number of nitrogens with zero attached hydrogens (tertiary/aromatic N) is 3. The van der Waals surface area contributed by atoms with Crippen molar-refractivity contribution in [2.24, 2.45) is 0 Å². The van der Waals surface area contributed by atoms with Crippen molar-refractivity contribution in [1.82, 2.24) is 9.38 Å². The molecule has 4 aromatic rings. The van der Waals surface area contributed by atoms with Gasteiger partial charge in [-0.1, -0.05) is 24.3 Å². The Balaban J connectivity index is 1.61. The molecule has 0 saturated heterocycles. The van der Waals surface area contributed by atoms with Gasteiger partial charge in [-0.2, -0.15) is 0 Å². The van der Waals surface area contributed by atoms with Crippen LogP contribution in [0.5, 0.6) is 0 Å². The summed E-state index contributed by atoms with van der Waals surface area (Å²) in [5, 5.41) is 11.0. The van der Waals surface area contributed by atoms with Crippen LogP contribution in [0, 0.1) is 17.0 Å². The number of hydrogen-bond donors (Lipinski definition) is 1. The number of non-ortho nitro benzene ring substituents is 1. The number of anilines is 1. The van der Waals surface area contributed by atoms with E-state index < -0.39 is 14.9 Å². The summed E-state index contributed by atoms with van der Waals surface area (Å²) in [6.07, 6.45) is 3.79. The Hall–Kier alpha value is -3.72. The van der Waals surface area contributed by atoms with Crippen molar-refractivity contribution in [3.63, 3.8) is 0 Å². The normalized spacial score (nSPS) is 11.5. The lowest BCUT2D eigenvalue weighted by Gasteiger charge is -2.10. The molecule has 0 amide bonds. The molecule has 0 atom stereocenters. The van der Waals surface area contributed by atoms with E-state index in [2.05, 4.69) is 9.71 Å². The van der Waals surface area contributed by atoms with Gasteiger partial charge in [-0.15, -0.1) is 0 Å². The third kappa shape index (κ3) is 3.67. The summed E-state index contributed by atoms with van der Waals surface area (Å²) in [6, 6.07) is 16.2. The van der Waals surface area contributed by atoms with Gasteiger partial charge in [-0.25, -0.2) is 13.4 Å². The number of nitrogens with one attached hydrogen (secondary N) is 1. The number of aromatic nitrogens is 2. The summed E-state index contributed by atoms with van der Waals surface area (Å²) in [5.41, 5.74) is 2.91. The summed E-state index contributed by atoms with van der Waals surface area (Å²) in [4.78, 5) is 14.8. The van der Waals surface area contributed by atoms with Gasteiger partial charge in [0.2, 0.25) is 0 Å². The maximum atomic E-state index is 12.7. The van der Waals surface area contributed by atoms with Gasteiger partial charge < -0.3 is 4.40 Å². The molecule has 146 valence electrons. The number of nitro groups is 1. The number of hydrogen-bond acceptors (Lipinski definition) is 5. The zero-order valence-electron chi connectivity index (χ0n) is 15.3. The molecule has 2 aromatic heterocycles. The monoisotopic (exact) mass is 408 g/mol. The zero-order valence-corrected chi connectivity index (χ0v) is 16.1. The van der Waals surface area contributed by atoms with E-state index in [0.29, 0.717) is 11.3 Å². The van der Waals surface area contributed by atoms with Crippen LogP contribution in [0.4, 0.5) is 11.4 Å². The van der Waals surface area contributed by atoms with Crippen LogP contribution in [-0.4, -0.2) is 22.7 Å². The van der Waals surface area contributed by atoms with Crippen molar-refractivity contribution < 1.29 is 13.3 Å². The predicted octanol–water partition coefficient (Wildman–Crippen LogP) is 4.02. The second-order valence-corrected chi connectivity index (χ2v) is 8.13. The minimum absolute atomic E-state index is 0.129. The summed E-state index contributed by atoms with van der Waals surface area (Å²) < 4.78 is 29.8. The number of fused-ring (bicyclic) bond motifs is 1. The number of pyridine rings is 1. The molecule has 0 saturated carbocycles. The van der Waals surface area contributed by atoms with Gasteiger partial charge in [-0.05, 0) is 36.8 Å². The van der Waals surface area contributed by atoms with Crippen molar-refractivity contribution in [1.29, 1.82) is 0 Å². The van der Waals surface area contributed by atoms with Gasteiger partial charge in [0.15, 0.2) is 0 Å². The molecule has 0 aliphatic carbocycles. The van der Waals surface area contributed by atoms with E-state index in [0.717, 1.165) is 23.0 Å². The topological polar surface area (TPSA) is 107 Å². The molecule has 29 heavy (non-hydrogen) atoms. The quantitative estimate of drug-likeness (QED) is 0.396. The van der Waals surface area contributed by atoms with Crippen molar-refractivity contribution in [3.05, 3.63) is 88.7 Å². The average Bonchev–Trinajstić information content (AvgIpc) is 3.12. The number of benzene rings is 2. The highest BCUT2D eigenvalue weighted by atomic mass is 32.2. The standard InChI is InChI=1S/C20H16N4O4S/c1-14-5-10-17(24(25)26)12-19(14)29(27,28)22-16-8-6-15(7-9-16)18-13-23-11-3-2-4-20(23)21-18/h2-13,22H,1H3. The fourth-order valence-corrected chi connectivity index (χ4v) is 4.31. The fourth-order valence-electron chi connectivity index (χ4n) is 2.98. The molecule has 8 nitrogen and oxygen atoms in total. The molecule has 4 rings (SSSR count). The molecular weight excluding hydrogens is 392 g/mol. The van der Waals surface area contributed by atoms with Gasteiger partial charge in [0, 0.05) is 35.8 Å². The highest BCUT2D eigenvalue weighted by Gasteiger charge is 2.20. The Morgan fingerprint density at radius 1 is 1.07 bits per heavy atom. The molecule has 9 heteroatoms. The Morgan fingerprint density at radius 2 is 1.83 bits per heavy atom. The van der Waals surface area contributed by atoms with Gasteiger partial charge in [0.05, 0.1) is 15.5 Å². The molecular formula is C20H16N4O4S. The van der Waals surface area contributed by atoms with Crippen LogP contribution in [0.15, 0.2) is 78.0 Å². The van der Waals surface area contributed by atoms with Crippen molar-refractivity contribution >= 4 is 27.0 Å². The molecule has 2 heterocycles. The first kappa shape index (κ1) is 18.6. The lowest BCUT2D eigenvalue weighted by Crippen LogP contribution is -2.14. The number of nitro benzene ring substituents is 1. The van der Waals surface area contributed by atoms with Crippen LogP contribution in [0.2, 0.25) is 0 Å². The lowest BCUT2D eigenvalue weighted by molar-refractivity contribution is -0.385. The zero-order chi connectivity index (χ0) is 20.6. The molecule has 0 unspecified atom stereocenters. The van der Waals surface area contributed by atoms with Crippen molar-refractivity contribution in [2.45, 2.75) is 11.8 Å². The second-order valence-electron chi connectivity index (χ2n) is 6.48. The molecule has 0 aliphatic rings. The third-order valence-electron chi connectivity index (χ3n) is 4.47. The van der Waals surface area contributed by atoms with Crippen LogP contribution in [-0.2, 0) is 10.0 Å². The van der Waals surface area contributed by atoms with Crippen LogP contribution in [0.3, 0.4) is 0 Å². The minimum atomic E-state index is -3.97. The Morgan fingerprint density at radius 3 is 2.52 bits per heavy atom. The van der Waals surface area contributed by atoms with Crippen LogP contribution >= 0.6 is 0 Å². The average molecular weight is 408 g/mol. The number of imidazole rings is 1. The summed E-state index contributed by atoms with van der Waals surface area (Å²) in [6.45, 7) is 1.59. The van der Waals surface area contributed by atoms with Crippen LogP contribution < -0.4 is 4.72 Å². The van der Waals surface area contributed by atoms with Gasteiger partial charge in [-0.3, -0.25) is 14.8 Å². The van der Waals surface area contributed by atoms with Gasteiger partial charge in [0.25, 0.3) is 15.7 Å². The highest BCUT2D eigenvalue weighted by molar-refractivity contribution is 7.92. The SMILES string of the molecule is Cc1ccc([N+](=O)[O-])cc1S(=O)(=O)Nc1ccc(-c2cn3ccccc3n2)cc1. The van der Waals surface area contributed by atoms with Crippen molar-refractivity contribution in [3.8, 4) is 11.3 Å². The number of aryl methyl sites for hydroxylation is 1. The number of sulfonamides is 1. The molecule has 0 aliphatic heterocycles. The minimum Gasteiger partial charge on any atom is -0.306 e. The summed E-state index contributed by atoms with van der Waals surface area (Å²) in [5.74, 6) is 0. The van der Waals surface area contributed by atoms with Crippen LogP contribution in [0.25, 0.3) is 16.9 Å². The van der Waals surface area contributed by atoms with Gasteiger partial charge >= 0.3 is 0 Å². The first-order valence-corrected chi connectivity index (χ1v) is 10.1. The van der Waals surface area contributed by atoms with E-state index in [1.807, 2.05) is 35.0 Å². The largest absolute Gasteiger partial charge is 0.306 e. The Bertz CT molecular complexity index is 1300. The lowest BCUT2D eigenvalue weighted by atomic mass is 10.1. The first-order valence-electron chi connectivity index (χ1n) is 8.65.